The van der Waals surface area contributed by atoms with Crippen LogP contribution in [0.4, 0.5) is 0 Å². The molecule has 1 aromatic heterocycles. The van der Waals surface area contributed by atoms with Crippen molar-refractivity contribution in [3.05, 3.63) is 29.7 Å². The molecule has 0 saturated carbocycles. The van der Waals surface area contributed by atoms with Crippen molar-refractivity contribution in [1.29, 1.82) is 0 Å². The van der Waals surface area contributed by atoms with E-state index in [2.05, 4.69) is 16.0 Å². The number of allylic oxidation sites excluding steroid dienone is 1. The van der Waals surface area contributed by atoms with Crippen LogP contribution in [0.2, 0.25) is 0 Å². The predicted octanol–water partition coefficient (Wildman–Crippen LogP) is 2.38. The van der Waals surface area contributed by atoms with Gasteiger partial charge in [-0.1, -0.05) is 18.1 Å². The Balaban J connectivity index is 2.17. The third-order valence-electron chi connectivity index (χ3n) is 3.17. The number of ether oxygens (including phenoxy) is 1. The van der Waals surface area contributed by atoms with Crippen LogP contribution < -0.4 is 10.5 Å². The topological polar surface area (TPSA) is 61.0 Å². The molecule has 1 atom stereocenters. The lowest BCUT2D eigenvalue weighted by atomic mass is 10.00. The van der Waals surface area contributed by atoms with E-state index in [1.165, 1.54) is 31.2 Å². The molecule has 0 bridgehead atoms. The van der Waals surface area contributed by atoms with Gasteiger partial charge in [-0.3, -0.25) is 0 Å². The van der Waals surface area contributed by atoms with E-state index in [0.29, 0.717) is 5.88 Å². The Hall–Kier alpha value is -1.42. The molecule has 2 N–H and O–H groups in total. The fourth-order valence-electron chi connectivity index (χ4n) is 2.15. The molecule has 92 valence electrons. The van der Waals surface area contributed by atoms with Crippen LogP contribution in [0.1, 0.15) is 43.8 Å². The van der Waals surface area contributed by atoms with Crippen LogP contribution in [0, 0.1) is 0 Å². The molecule has 1 unspecified atom stereocenters. The largest absolute Gasteiger partial charge is 0.481 e. The monoisotopic (exact) mass is 233 g/mol. The number of nitrogens with two attached hydrogens (primary N) is 1. The van der Waals surface area contributed by atoms with Crippen molar-refractivity contribution in [3.63, 3.8) is 0 Å². The van der Waals surface area contributed by atoms with Crippen LogP contribution in [-0.2, 0) is 0 Å². The molecule has 0 saturated heterocycles. The van der Waals surface area contributed by atoms with Crippen molar-refractivity contribution in [1.82, 2.24) is 9.97 Å². The van der Waals surface area contributed by atoms with E-state index >= 15 is 0 Å². The average Bonchev–Trinajstić information content (AvgIpc) is 2.67. The van der Waals surface area contributed by atoms with Gasteiger partial charge in [0.25, 0.3) is 0 Å². The highest BCUT2D eigenvalue weighted by Crippen LogP contribution is 2.27. The van der Waals surface area contributed by atoms with Crippen molar-refractivity contribution in [2.24, 2.45) is 5.73 Å². The molecule has 1 heterocycles. The standard InChI is InChI=1S/C13H19N3O/c1-17-12-8-11(15-9-16-12)13(14)10-6-4-2-3-5-7-10/h6,8-9,13H,2-5,7,14H2,1H3. The van der Waals surface area contributed by atoms with Gasteiger partial charge in [0, 0.05) is 6.07 Å². The van der Waals surface area contributed by atoms with Gasteiger partial charge in [-0.15, -0.1) is 0 Å². The molecule has 17 heavy (non-hydrogen) atoms. The predicted molar refractivity (Wildman–Crippen MR) is 66.7 cm³/mol. The molecule has 1 aliphatic rings. The van der Waals surface area contributed by atoms with Crippen LogP contribution >= 0.6 is 0 Å². The smallest absolute Gasteiger partial charge is 0.216 e. The maximum atomic E-state index is 6.25. The Morgan fingerprint density at radius 1 is 1.29 bits per heavy atom. The molecule has 1 aromatic rings. The normalized spacial score (nSPS) is 18.1. The molecular formula is C13H19N3O. The zero-order valence-electron chi connectivity index (χ0n) is 10.2. The molecule has 0 spiro atoms. The summed E-state index contributed by atoms with van der Waals surface area (Å²) in [6, 6.07) is 1.70. The first-order valence-corrected chi connectivity index (χ1v) is 6.11. The molecule has 0 fully saturated rings. The van der Waals surface area contributed by atoms with Gasteiger partial charge < -0.3 is 10.5 Å². The SMILES string of the molecule is COc1cc(C(N)C2=CCCCCC2)ncn1. The minimum atomic E-state index is -0.120. The van der Waals surface area contributed by atoms with E-state index in [1.54, 1.807) is 7.11 Å². The number of nitrogens with zero attached hydrogens (tertiary/aromatic N) is 2. The van der Waals surface area contributed by atoms with E-state index in [9.17, 15) is 0 Å². The van der Waals surface area contributed by atoms with Crippen LogP contribution in [0.15, 0.2) is 24.0 Å². The van der Waals surface area contributed by atoms with Crippen LogP contribution in [0.3, 0.4) is 0 Å². The minimum Gasteiger partial charge on any atom is -0.481 e. The summed E-state index contributed by atoms with van der Waals surface area (Å²) in [6.07, 6.45) is 9.77. The second kappa shape index (κ2) is 5.77. The first-order chi connectivity index (χ1) is 8.31. The molecule has 0 amide bonds. The molecule has 0 aliphatic heterocycles. The summed E-state index contributed by atoms with van der Waals surface area (Å²) in [6.45, 7) is 0. The van der Waals surface area contributed by atoms with Gasteiger partial charge in [-0.2, -0.15) is 0 Å². The van der Waals surface area contributed by atoms with Crippen molar-refractivity contribution < 1.29 is 4.74 Å². The maximum Gasteiger partial charge on any atom is 0.216 e. The van der Waals surface area contributed by atoms with Crippen molar-refractivity contribution >= 4 is 0 Å². The van der Waals surface area contributed by atoms with Gasteiger partial charge in [0.05, 0.1) is 18.8 Å². The summed E-state index contributed by atoms with van der Waals surface area (Å²) >= 11 is 0. The highest BCUT2D eigenvalue weighted by molar-refractivity contribution is 5.25. The maximum absolute atomic E-state index is 6.25. The van der Waals surface area contributed by atoms with Gasteiger partial charge in [0.1, 0.15) is 6.33 Å². The Morgan fingerprint density at radius 3 is 3.00 bits per heavy atom. The number of methoxy groups -OCH3 is 1. The van der Waals surface area contributed by atoms with Crippen molar-refractivity contribution in [3.8, 4) is 5.88 Å². The number of hydrogen-bond acceptors (Lipinski definition) is 4. The number of rotatable bonds is 3. The number of aromatic nitrogens is 2. The van der Waals surface area contributed by atoms with E-state index in [0.717, 1.165) is 18.5 Å². The zero-order valence-corrected chi connectivity index (χ0v) is 10.2. The van der Waals surface area contributed by atoms with Crippen molar-refractivity contribution in [2.75, 3.05) is 7.11 Å². The second-order valence-electron chi connectivity index (χ2n) is 4.34. The summed E-state index contributed by atoms with van der Waals surface area (Å²) in [5, 5.41) is 0. The fourth-order valence-corrected chi connectivity index (χ4v) is 2.15. The van der Waals surface area contributed by atoms with Crippen LogP contribution in [0.5, 0.6) is 5.88 Å². The zero-order chi connectivity index (χ0) is 12.1. The summed E-state index contributed by atoms with van der Waals surface area (Å²) in [4.78, 5) is 8.23. The van der Waals surface area contributed by atoms with Crippen LogP contribution in [0.25, 0.3) is 0 Å². The van der Waals surface area contributed by atoms with E-state index in [4.69, 9.17) is 10.5 Å². The van der Waals surface area contributed by atoms with Gasteiger partial charge in [0.15, 0.2) is 0 Å². The molecular weight excluding hydrogens is 214 g/mol. The Kier molecular flexibility index (Phi) is 4.09. The average molecular weight is 233 g/mol. The summed E-state index contributed by atoms with van der Waals surface area (Å²) < 4.78 is 5.09. The summed E-state index contributed by atoms with van der Waals surface area (Å²) in [7, 11) is 1.60. The first kappa shape index (κ1) is 12.0. The summed E-state index contributed by atoms with van der Waals surface area (Å²) in [5.41, 5.74) is 8.38. The van der Waals surface area contributed by atoms with Crippen molar-refractivity contribution in [2.45, 2.75) is 38.1 Å². The highest BCUT2D eigenvalue weighted by Gasteiger charge is 2.15. The van der Waals surface area contributed by atoms with Gasteiger partial charge >= 0.3 is 0 Å². The third kappa shape index (κ3) is 3.03. The van der Waals surface area contributed by atoms with E-state index in [-0.39, 0.29) is 6.04 Å². The van der Waals surface area contributed by atoms with Gasteiger partial charge in [-0.25, -0.2) is 9.97 Å². The Labute approximate surface area is 102 Å². The Bertz CT molecular complexity index is 403. The van der Waals surface area contributed by atoms with E-state index < -0.39 is 0 Å². The van der Waals surface area contributed by atoms with E-state index in [1.807, 2.05) is 6.07 Å². The third-order valence-corrected chi connectivity index (χ3v) is 3.17. The quantitative estimate of drug-likeness (QED) is 0.814. The molecule has 1 aliphatic carbocycles. The second-order valence-corrected chi connectivity index (χ2v) is 4.34. The minimum absolute atomic E-state index is 0.120. The molecule has 4 nitrogen and oxygen atoms in total. The van der Waals surface area contributed by atoms with Gasteiger partial charge in [-0.05, 0) is 25.7 Å². The lowest BCUT2D eigenvalue weighted by molar-refractivity contribution is 0.395. The highest BCUT2D eigenvalue weighted by atomic mass is 16.5. The Morgan fingerprint density at radius 2 is 2.18 bits per heavy atom. The molecule has 4 heteroatoms. The molecule has 0 aromatic carbocycles. The molecule has 2 rings (SSSR count). The fraction of sp³-hybridized carbons (Fsp3) is 0.538. The molecule has 0 radical (unpaired) electrons. The summed E-state index contributed by atoms with van der Waals surface area (Å²) in [5.74, 6) is 0.569. The first-order valence-electron chi connectivity index (χ1n) is 6.11. The lowest BCUT2D eigenvalue weighted by Gasteiger charge is -2.15. The van der Waals surface area contributed by atoms with Crippen LogP contribution in [-0.4, -0.2) is 17.1 Å². The number of hydrogen-bond donors (Lipinski definition) is 1. The van der Waals surface area contributed by atoms with Gasteiger partial charge in [0.2, 0.25) is 5.88 Å². The lowest BCUT2D eigenvalue weighted by Crippen LogP contribution is -2.15.